The quantitative estimate of drug-likeness (QED) is 0.553. The van der Waals surface area contributed by atoms with Crippen molar-refractivity contribution in [2.45, 2.75) is 0 Å². The van der Waals surface area contributed by atoms with E-state index in [4.69, 9.17) is 0 Å². The molecule has 0 fully saturated rings. The molecular weight excluding hydrogens is 146 g/mol. The minimum absolute atomic E-state index is 0.321. The van der Waals surface area contributed by atoms with Gasteiger partial charge in [0.2, 0.25) is 0 Å². The van der Waals surface area contributed by atoms with E-state index in [1.807, 2.05) is 0 Å². The Morgan fingerprint density at radius 2 is 2.18 bits per heavy atom. The van der Waals surface area contributed by atoms with Crippen molar-refractivity contribution < 1.29 is 0 Å². The fraction of sp³-hybridized carbons (Fsp3) is 0.333. The molecule has 0 aliphatic heterocycles. The van der Waals surface area contributed by atoms with Crippen molar-refractivity contribution in [1.29, 1.82) is 0 Å². The van der Waals surface area contributed by atoms with E-state index in [1.54, 1.807) is 7.05 Å². The lowest BCUT2D eigenvalue weighted by atomic mass is 10.5. The van der Waals surface area contributed by atoms with Gasteiger partial charge in [-0.25, -0.2) is 4.79 Å². The van der Waals surface area contributed by atoms with Crippen LogP contribution in [0, 0.1) is 0 Å². The predicted octanol–water partition coefficient (Wildman–Crippen LogP) is -0.885. The third kappa shape index (κ3) is 1.31. The molecular formula is C6H9N3O2. The van der Waals surface area contributed by atoms with Crippen LogP contribution in [0.15, 0.2) is 15.7 Å². The maximum atomic E-state index is 10.9. The molecule has 60 valence electrons. The van der Waals surface area contributed by atoms with Crippen molar-refractivity contribution in [1.82, 2.24) is 9.55 Å². The van der Waals surface area contributed by atoms with Gasteiger partial charge in [-0.15, -0.1) is 0 Å². The van der Waals surface area contributed by atoms with Gasteiger partial charge in [-0.2, -0.15) is 0 Å². The summed E-state index contributed by atoms with van der Waals surface area (Å²) in [6.45, 7) is 0. The van der Waals surface area contributed by atoms with Crippen molar-refractivity contribution in [2.24, 2.45) is 7.05 Å². The minimum Gasteiger partial charge on any atom is -0.374 e. The fourth-order valence-electron chi connectivity index (χ4n) is 0.690. The van der Waals surface area contributed by atoms with Crippen LogP contribution in [0.5, 0.6) is 0 Å². The van der Waals surface area contributed by atoms with Gasteiger partial charge in [0.05, 0.1) is 0 Å². The van der Waals surface area contributed by atoms with Crippen LogP contribution in [0.25, 0.3) is 0 Å². The summed E-state index contributed by atoms with van der Waals surface area (Å²) in [5.74, 6) is 0.429. The van der Waals surface area contributed by atoms with E-state index in [1.165, 1.54) is 13.1 Å². The van der Waals surface area contributed by atoms with Gasteiger partial charge in [-0.3, -0.25) is 14.3 Å². The molecule has 0 unspecified atom stereocenters. The average Bonchev–Trinajstić information content (AvgIpc) is 1.99. The monoisotopic (exact) mass is 155 g/mol. The van der Waals surface area contributed by atoms with E-state index in [0.29, 0.717) is 5.82 Å². The molecule has 0 saturated carbocycles. The second kappa shape index (κ2) is 2.61. The number of nitrogens with zero attached hydrogens (tertiary/aromatic N) is 1. The summed E-state index contributed by atoms with van der Waals surface area (Å²) >= 11 is 0. The number of anilines is 1. The van der Waals surface area contributed by atoms with E-state index in [-0.39, 0.29) is 5.56 Å². The number of rotatable bonds is 1. The van der Waals surface area contributed by atoms with Crippen LogP contribution in [-0.4, -0.2) is 16.6 Å². The Hall–Kier alpha value is -1.52. The molecule has 2 N–H and O–H groups in total. The molecule has 1 aromatic heterocycles. The molecule has 0 amide bonds. The zero-order valence-corrected chi connectivity index (χ0v) is 6.34. The van der Waals surface area contributed by atoms with Crippen molar-refractivity contribution in [3.05, 3.63) is 26.9 Å². The van der Waals surface area contributed by atoms with Crippen LogP contribution in [-0.2, 0) is 7.05 Å². The molecule has 0 radical (unpaired) electrons. The first-order valence-corrected chi connectivity index (χ1v) is 3.13. The Balaban J connectivity index is 3.45. The Morgan fingerprint density at radius 1 is 1.55 bits per heavy atom. The van der Waals surface area contributed by atoms with Gasteiger partial charge in [0.25, 0.3) is 5.56 Å². The highest BCUT2D eigenvalue weighted by atomic mass is 16.2. The molecule has 0 saturated heterocycles. The maximum Gasteiger partial charge on any atom is 0.329 e. The van der Waals surface area contributed by atoms with Crippen LogP contribution < -0.4 is 16.6 Å². The van der Waals surface area contributed by atoms with Gasteiger partial charge in [-0.05, 0) is 0 Å². The molecule has 0 atom stereocenters. The molecule has 5 heteroatoms. The van der Waals surface area contributed by atoms with Gasteiger partial charge in [0.1, 0.15) is 5.82 Å². The zero-order chi connectivity index (χ0) is 8.43. The summed E-state index contributed by atoms with van der Waals surface area (Å²) in [5, 5.41) is 2.67. The lowest BCUT2D eigenvalue weighted by molar-refractivity contribution is 0.778. The third-order valence-electron chi connectivity index (χ3n) is 1.41. The molecule has 0 aromatic carbocycles. The van der Waals surface area contributed by atoms with E-state index in [2.05, 4.69) is 10.3 Å². The molecule has 11 heavy (non-hydrogen) atoms. The molecule has 0 aliphatic carbocycles. The number of aromatic amines is 1. The van der Waals surface area contributed by atoms with Gasteiger partial charge in [0.15, 0.2) is 0 Å². The Kier molecular flexibility index (Phi) is 1.80. The first-order valence-electron chi connectivity index (χ1n) is 3.13. The molecule has 0 aliphatic rings. The van der Waals surface area contributed by atoms with Crippen molar-refractivity contribution in [3.63, 3.8) is 0 Å². The largest absolute Gasteiger partial charge is 0.374 e. The Morgan fingerprint density at radius 3 is 2.64 bits per heavy atom. The number of H-pyrrole nitrogens is 1. The van der Waals surface area contributed by atoms with Gasteiger partial charge >= 0.3 is 5.69 Å². The number of hydrogen-bond donors (Lipinski definition) is 2. The average molecular weight is 155 g/mol. The SMILES string of the molecule is CNc1cc(=O)n(C)c(=O)[nH]1. The molecule has 1 heterocycles. The molecule has 5 nitrogen and oxygen atoms in total. The standard InChI is InChI=1S/C6H9N3O2/c1-7-4-3-5(10)9(2)6(11)8-4/h3,7H,1-2H3,(H,8,11). The van der Waals surface area contributed by atoms with E-state index in [9.17, 15) is 9.59 Å². The Bertz CT molecular complexity index is 332. The number of hydrogen-bond acceptors (Lipinski definition) is 3. The predicted molar refractivity (Wildman–Crippen MR) is 41.9 cm³/mol. The minimum atomic E-state index is -0.415. The molecule has 0 spiro atoms. The van der Waals surface area contributed by atoms with Crippen LogP contribution >= 0.6 is 0 Å². The summed E-state index contributed by atoms with van der Waals surface area (Å²) in [5.41, 5.74) is -0.736. The lowest BCUT2D eigenvalue weighted by Crippen LogP contribution is -2.32. The summed E-state index contributed by atoms with van der Waals surface area (Å²) in [6, 6.07) is 1.32. The smallest absolute Gasteiger partial charge is 0.329 e. The summed E-state index contributed by atoms with van der Waals surface area (Å²) < 4.78 is 1.00. The van der Waals surface area contributed by atoms with Gasteiger partial charge < -0.3 is 5.32 Å². The topological polar surface area (TPSA) is 66.9 Å². The summed E-state index contributed by atoms with van der Waals surface area (Å²) in [4.78, 5) is 24.3. The second-order valence-corrected chi connectivity index (χ2v) is 2.14. The highest BCUT2D eigenvalue weighted by Gasteiger charge is 1.96. The highest BCUT2D eigenvalue weighted by Crippen LogP contribution is 1.88. The second-order valence-electron chi connectivity index (χ2n) is 2.14. The third-order valence-corrected chi connectivity index (χ3v) is 1.41. The van der Waals surface area contributed by atoms with Crippen LogP contribution in [0.2, 0.25) is 0 Å². The maximum absolute atomic E-state index is 10.9. The van der Waals surface area contributed by atoms with E-state index in [0.717, 1.165) is 4.57 Å². The number of aromatic nitrogens is 2. The first kappa shape index (κ1) is 7.59. The van der Waals surface area contributed by atoms with Gasteiger partial charge in [-0.1, -0.05) is 0 Å². The zero-order valence-electron chi connectivity index (χ0n) is 6.34. The highest BCUT2D eigenvalue weighted by molar-refractivity contribution is 5.30. The van der Waals surface area contributed by atoms with E-state index >= 15 is 0 Å². The molecule has 0 bridgehead atoms. The summed E-state index contributed by atoms with van der Waals surface area (Å²) in [7, 11) is 3.05. The van der Waals surface area contributed by atoms with E-state index < -0.39 is 5.69 Å². The summed E-state index contributed by atoms with van der Waals surface area (Å²) in [6.07, 6.45) is 0. The van der Waals surface area contributed by atoms with Crippen molar-refractivity contribution >= 4 is 5.82 Å². The molecule has 1 rings (SSSR count). The lowest BCUT2D eigenvalue weighted by Gasteiger charge is -1.99. The van der Waals surface area contributed by atoms with Crippen molar-refractivity contribution in [3.8, 4) is 0 Å². The Labute approximate surface area is 62.7 Å². The van der Waals surface area contributed by atoms with Crippen molar-refractivity contribution in [2.75, 3.05) is 12.4 Å². The van der Waals surface area contributed by atoms with Gasteiger partial charge in [0, 0.05) is 20.2 Å². The van der Waals surface area contributed by atoms with Crippen LogP contribution in [0.4, 0.5) is 5.82 Å². The normalized spacial score (nSPS) is 9.64. The first-order chi connectivity index (χ1) is 5.15. The number of nitrogens with one attached hydrogen (secondary N) is 2. The fourth-order valence-corrected chi connectivity index (χ4v) is 0.690. The van der Waals surface area contributed by atoms with Crippen LogP contribution in [0.1, 0.15) is 0 Å². The molecule has 1 aromatic rings. The van der Waals surface area contributed by atoms with Crippen LogP contribution in [0.3, 0.4) is 0 Å².